The van der Waals surface area contributed by atoms with Gasteiger partial charge in [-0.3, -0.25) is 4.79 Å². The molecule has 0 N–H and O–H groups in total. The third-order valence-corrected chi connectivity index (χ3v) is 3.28. The molecular formula is C15H19NO2. The van der Waals surface area contributed by atoms with Gasteiger partial charge in [-0.15, -0.1) is 0 Å². The smallest absolute Gasteiger partial charge is 0.152 e. The molecule has 0 unspecified atom stereocenters. The van der Waals surface area contributed by atoms with Crippen molar-refractivity contribution in [3.05, 3.63) is 41.0 Å². The van der Waals surface area contributed by atoms with Crippen LogP contribution in [0.1, 0.15) is 22.3 Å². The van der Waals surface area contributed by atoms with Crippen LogP contribution in [0.2, 0.25) is 0 Å². The third-order valence-electron chi connectivity index (χ3n) is 3.28. The number of carbonyl (C=O) groups excluding carboxylic acids is 1. The Balaban J connectivity index is 2.16. The summed E-state index contributed by atoms with van der Waals surface area (Å²) >= 11 is 0. The van der Waals surface area contributed by atoms with E-state index in [0.717, 1.165) is 42.6 Å². The zero-order valence-electron chi connectivity index (χ0n) is 11.0. The number of carbonyl (C=O) groups is 1. The molecule has 0 atom stereocenters. The first-order valence-electron chi connectivity index (χ1n) is 6.22. The van der Waals surface area contributed by atoms with E-state index in [2.05, 4.69) is 17.0 Å². The van der Waals surface area contributed by atoms with Gasteiger partial charge < -0.3 is 9.64 Å². The fourth-order valence-corrected chi connectivity index (χ4v) is 2.30. The van der Waals surface area contributed by atoms with Crippen LogP contribution in [0.25, 0.3) is 0 Å². The van der Waals surface area contributed by atoms with Crippen LogP contribution in [0.5, 0.6) is 0 Å². The summed E-state index contributed by atoms with van der Waals surface area (Å²) in [6, 6.07) is 6.03. The molecule has 2 rings (SSSR count). The minimum atomic E-state index is 0.711. The molecule has 0 amide bonds. The van der Waals surface area contributed by atoms with Gasteiger partial charge in [0.05, 0.1) is 6.61 Å². The van der Waals surface area contributed by atoms with Crippen LogP contribution in [0.4, 0.5) is 5.69 Å². The van der Waals surface area contributed by atoms with Gasteiger partial charge in [-0.05, 0) is 31.1 Å². The number of hydrogen-bond acceptors (Lipinski definition) is 3. The van der Waals surface area contributed by atoms with Crippen LogP contribution >= 0.6 is 0 Å². The van der Waals surface area contributed by atoms with Crippen molar-refractivity contribution >= 4 is 12.0 Å². The van der Waals surface area contributed by atoms with Crippen molar-refractivity contribution in [3.63, 3.8) is 0 Å². The topological polar surface area (TPSA) is 29.5 Å². The van der Waals surface area contributed by atoms with Crippen molar-refractivity contribution in [2.45, 2.75) is 13.3 Å². The quantitative estimate of drug-likeness (QED) is 0.603. The molecule has 0 bridgehead atoms. The summed E-state index contributed by atoms with van der Waals surface area (Å²) in [7, 11) is 1.72. The van der Waals surface area contributed by atoms with Gasteiger partial charge >= 0.3 is 0 Å². The Bertz CT molecular complexity index is 466. The van der Waals surface area contributed by atoms with Crippen molar-refractivity contribution in [1.82, 2.24) is 0 Å². The van der Waals surface area contributed by atoms with Gasteiger partial charge in [-0.2, -0.15) is 0 Å². The van der Waals surface area contributed by atoms with Gasteiger partial charge in [0.15, 0.2) is 6.29 Å². The lowest BCUT2D eigenvalue weighted by Crippen LogP contribution is -2.30. The molecule has 1 aliphatic rings. The summed E-state index contributed by atoms with van der Waals surface area (Å²) in [5.41, 5.74) is 4.27. The van der Waals surface area contributed by atoms with Crippen molar-refractivity contribution in [1.29, 1.82) is 0 Å². The van der Waals surface area contributed by atoms with E-state index < -0.39 is 0 Å². The molecule has 1 aliphatic heterocycles. The number of aldehydes is 1. The molecule has 1 aromatic rings. The lowest BCUT2D eigenvalue weighted by atomic mass is 10.1. The Morgan fingerprint density at radius 2 is 2.28 bits per heavy atom. The number of methoxy groups -OCH3 is 1. The van der Waals surface area contributed by atoms with E-state index in [1.165, 1.54) is 5.57 Å². The first-order chi connectivity index (χ1) is 8.74. The second-order valence-corrected chi connectivity index (χ2v) is 4.67. The molecule has 3 nitrogen and oxygen atoms in total. The normalized spacial score (nSPS) is 15.4. The lowest BCUT2D eigenvalue weighted by molar-refractivity contribution is 0.112. The van der Waals surface area contributed by atoms with Gasteiger partial charge in [-0.1, -0.05) is 17.7 Å². The van der Waals surface area contributed by atoms with E-state index in [1.807, 2.05) is 19.1 Å². The number of benzene rings is 1. The predicted molar refractivity (Wildman–Crippen MR) is 73.4 cm³/mol. The van der Waals surface area contributed by atoms with E-state index >= 15 is 0 Å². The third kappa shape index (κ3) is 2.79. The highest BCUT2D eigenvalue weighted by Gasteiger charge is 2.14. The SMILES string of the molecule is COCC1=CCN(c2ccc(C)cc2C=O)CC1. The summed E-state index contributed by atoms with van der Waals surface area (Å²) in [4.78, 5) is 13.4. The number of ether oxygens (including phenoxy) is 1. The number of rotatable bonds is 4. The lowest BCUT2D eigenvalue weighted by Gasteiger charge is -2.29. The summed E-state index contributed by atoms with van der Waals surface area (Å²) in [6.07, 6.45) is 4.14. The molecular weight excluding hydrogens is 226 g/mol. The molecule has 0 aromatic heterocycles. The Morgan fingerprint density at radius 1 is 1.44 bits per heavy atom. The fraction of sp³-hybridized carbons (Fsp3) is 0.400. The Morgan fingerprint density at radius 3 is 2.89 bits per heavy atom. The second-order valence-electron chi connectivity index (χ2n) is 4.67. The van der Waals surface area contributed by atoms with Crippen molar-refractivity contribution in [3.8, 4) is 0 Å². The molecule has 0 spiro atoms. The van der Waals surface area contributed by atoms with Crippen molar-refractivity contribution in [2.75, 3.05) is 31.7 Å². The van der Waals surface area contributed by atoms with Crippen LogP contribution in [-0.4, -0.2) is 33.1 Å². The maximum absolute atomic E-state index is 11.1. The van der Waals surface area contributed by atoms with E-state index in [0.29, 0.717) is 6.61 Å². The van der Waals surface area contributed by atoms with Crippen molar-refractivity contribution < 1.29 is 9.53 Å². The summed E-state index contributed by atoms with van der Waals surface area (Å²) < 4.78 is 5.14. The summed E-state index contributed by atoms with van der Waals surface area (Å²) in [5, 5.41) is 0. The maximum atomic E-state index is 11.1. The largest absolute Gasteiger partial charge is 0.380 e. The zero-order valence-corrected chi connectivity index (χ0v) is 11.0. The molecule has 18 heavy (non-hydrogen) atoms. The Hall–Kier alpha value is -1.61. The highest BCUT2D eigenvalue weighted by atomic mass is 16.5. The molecule has 1 aromatic carbocycles. The van der Waals surface area contributed by atoms with Gasteiger partial charge in [0.25, 0.3) is 0 Å². The van der Waals surface area contributed by atoms with E-state index in [-0.39, 0.29) is 0 Å². The first kappa shape index (κ1) is 12.8. The standard InChI is InChI=1S/C15H19NO2/c1-12-3-4-15(14(9-12)10-17)16-7-5-13(6-8-16)11-18-2/h3-5,9-10H,6-8,11H2,1-2H3. The number of anilines is 1. The predicted octanol–water partition coefficient (Wildman–Crippen LogP) is 2.59. The fourth-order valence-electron chi connectivity index (χ4n) is 2.30. The van der Waals surface area contributed by atoms with Crippen LogP contribution in [0, 0.1) is 6.92 Å². The van der Waals surface area contributed by atoms with E-state index in [1.54, 1.807) is 7.11 Å². The minimum Gasteiger partial charge on any atom is -0.380 e. The second kappa shape index (κ2) is 5.83. The van der Waals surface area contributed by atoms with Crippen LogP contribution in [-0.2, 0) is 4.74 Å². The monoisotopic (exact) mass is 245 g/mol. The van der Waals surface area contributed by atoms with Gasteiger partial charge in [0.1, 0.15) is 0 Å². The van der Waals surface area contributed by atoms with Gasteiger partial charge in [0.2, 0.25) is 0 Å². The van der Waals surface area contributed by atoms with E-state index in [4.69, 9.17) is 4.74 Å². The highest BCUT2D eigenvalue weighted by molar-refractivity contribution is 5.85. The molecule has 1 heterocycles. The molecule has 3 heteroatoms. The van der Waals surface area contributed by atoms with Gasteiger partial charge in [0, 0.05) is 31.5 Å². The molecule has 0 aliphatic carbocycles. The average Bonchev–Trinajstić information content (AvgIpc) is 2.40. The first-order valence-corrected chi connectivity index (χ1v) is 6.22. The molecule has 96 valence electrons. The molecule has 0 saturated heterocycles. The zero-order chi connectivity index (χ0) is 13.0. The highest BCUT2D eigenvalue weighted by Crippen LogP contribution is 2.24. The van der Waals surface area contributed by atoms with E-state index in [9.17, 15) is 4.79 Å². The maximum Gasteiger partial charge on any atom is 0.152 e. The minimum absolute atomic E-state index is 0.711. The summed E-state index contributed by atoms with van der Waals surface area (Å²) in [6.45, 7) is 4.51. The Labute approximate surface area is 108 Å². The van der Waals surface area contributed by atoms with Crippen LogP contribution < -0.4 is 4.90 Å². The van der Waals surface area contributed by atoms with Crippen molar-refractivity contribution in [2.24, 2.45) is 0 Å². The molecule has 0 fully saturated rings. The van der Waals surface area contributed by atoms with Crippen LogP contribution in [0.15, 0.2) is 29.8 Å². The number of nitrogens with zero attached hydrogens (tertiary/aromatic N) is 1. The average molecular weight is 245 g/mol. The van der Waals surface area contributed by atoms with Crippen LogP contribution in [0.3, 0.4) is 0 Å². The molecule has 0 radical (unpaired) electrons. The number of aryl methyl sites for hydroxylation is 1. The van der Waals surface area contributed by atoms with Gasteiger partial charge in [-0.25, -0.2) is 0 Å². The number of hydrogen-bond donors (Lipinski definition) is 0. The summed E-state index contributed by atoms with van der Waals surface area (Å²) in [5.74, 6) is 0. The molecule has 0 saturated carbocycles. The Kier molecular flexibility index (Phi) is 4.15.